The molecule has 0 unspecified atom stereocenters. The lowest BCUT2D eigenvalue weighted by Gasteiger charge is -2.12. The van der Waals surface area contributed by atoms with Crippen LogP contribution in [0.2, 0.25) is 0 Å². The number of aliphatic imine (C=N–C) groups is 2. The first kappa shape index (κ1) is 26.0. The van der Waals surface area contributed by atoms with E-state index in [4.69, 9.17) is 15.0 Å². The van der Waals surface area contributed by atoms with Crippen molar-refractivity contribution in [2.75, 3.05) is 0 Å². The average Bonchev–Trinajstić information content (AvgIpc) is 2.93. The van der Waals surface area contributed by atoms with Crippen molar-refractivity contribution in [2.45, 2.75) is 13.8 Å². The molecular formula is C33H25Br2N3. The van der Waals surface area contributed by atoms with Crippen LogP contribution in [0.4, 0.5) is 11.4 Å². The Bertz CT molecular complexity index is 1520. The fourth-order valence-corrected chi connectivity index (χ4v) is 5.11. The smallest absolute Gasteiger partial charge is 0.0966 e. The van der Waals surface area contributed by atoms with E-state index in [2.05, 4.69) is 82.1 Å². The Balaban J connectivity index is 1.68. The van der Waals surface area contributed by atoms with E-state index < -0.39 is 0 Å². The summed E-state index contributed by atoms with van der Waals surface area (Å²) in [7, 11) is 0. The number of hydrogen-bond acceptors (Lipinski definition) is 3. The normalized spacial score (nSPS) is 12.0. The third kappa shape index (κ3) is 6.07. The SMILES string of the molecule is Cc1cc(Br)ccc1N=C(c1ccccc1)c1cccc(C(=Nc2ccc(Br)cc2C)c2ccccc2)n1. The standard InChI is InChI=1S/C33H25Br2N3/c1-22-20-26(34)16-18-28(22)37-32(24-10-5-3-6-11-24)30-14-9-15-31(36-30)33(25-12-7-4-8-13-25)38-29-19-17-27(35)21-23(29)2/h3-21H,1-2H3. The molecule has 0 amide bonds. The second-order valence-corrected chi connectivity index (χ2v) is 10.8. The van der Waals surface area contributed by atoms with Crippen molar-refractivity contribution in [3.63, 3.8) is 0 Å². The van der Waals surface area contributed by atoms with Crippen LogP contribution in [-0.4, -0.2) is 16.4 Å². The molecule has 0 atom stereocenters. The van der Waals surface area contributed by atoms with Crippen molar-refractivity contribution >= 4 is 54.7 Å². The van der Waals surface area contributed by atoms with E-state index in [0.29, 0.717) is 0 Å². The minimum Gasteiger partial charge on any atom is -0.246 e. The predicted octanol–water partition coefficient (Wildman–Crippen LogP) is 9.56. The van der Waals surface area contributed by atoms with Crippen LogP contribution in [0.5, 0.6) is 0 Å². The van der Waals surface area contributed by atoms with Crippen molar-refractivity contribution in [1.29, 1.82) is 0 Å². The van der Waals surface area contributed by atoms with Crippen LogP contribution in [-0.2, 0) is 0 Å². The van der Waals surface area contributed by atoms with Gasteiger partial charge in [-0.2, -0.15) is 0 Å². The van der Waals surface area contributed by atoms with Crippen LogP contribution in [0.3, 0.4) is 0 Å². The number of rotatable bonds is 6. The van der Waals surface area contributed by atoms with Gasteiger partial charge in [0, 0.05) is 20.1 Å². The number of aromatic nitrogens is 1. The molecule has 0 saturated heterocycles. The van der Waals surface area contributed by atoms with Gasteiger partial charge in [-0.15, -0.1) is 0 Å². The molecule has 0 aliphatic heterocycles. The first-order valence-electron chi connectivity index (χ1n) is 12.3. The van der Waals surface area contributed by atoms with E-state index in [9.17, 15) is 0 Å². The molecule has 0 radical (unpaired) electrons. The first-order chi connectivity index (χ1) is 18.5. The molecule has 3 nitrogen and oxygen atoms in total. The van der Waals surface area contributed by atoms with Crippen molar-refractivity contribution < 1.29 is 0 Å². The highest BCUT2D eigenvalue weighted by molar-refractivity contribution is 9.10. The van der Waals surface area contributed by atoms with Crippen molar-refractivity contribution in [3.05, 3.63) is 158 Å². The molecular weight excluding hydrogens is 598 g/mol. The fraction of sp³-hybridized carbons (Fsp3) is 0.0606. The third-order valence-corrected chi connectivity index (χ3v) is 7.10. The largest absolute Gasteiger partial charge is 0.246 e. The number of nitrogens with zero attached hydrogens (tertiary/aromatic N) is 3. The van der Waals surface area contributed by atoms with Gasteiger partial charge in [-0.3, -0.25) is 0 Å². The van der Waals surface area contributed by atoms with Crippen LogP contribution in [0.25, 0.3) is 0 Å². The molecule has 0 fully saturated rings. The summed E-state index contributed by atoms with van der Waals surface area (Å²) in [5, 5.41) is 0. The number of hydrogen-bond donors (Lipinski definition) is 0. The van der Waals surface area contributed by atoms with Crippen LogP contribution in [0.1, 0.15) is 33.6 Å². The zero-order valence-electron chi connectivity index (χ0n) is 21.1. The number of benzene rings is 4. The molecule has 0 bridgehead atoms. The Morgan fingerprint density at radius 1 is 0.526 bits per heavy atom. The summed E-state index contributed by atoms with van der Waals surface area (Å²) in [6.45, 7) is 4.13. The summed E-state index contributed by atoms with van der Waals surface area (Å²) in [5.41, 5.74) is 9.17. The van der Waals surface area contributed by atoms with Gasteiger partial charge in [0.2, 0.25) is 0 Å². The van der Waals surface area contributed by atoms with Gasteiger partial charge in [0.25, 0.3) is 0 Å². The van der Waals surface area contributed by atoms with Crippen molar-refractivity contribution in [1.82, 2.24) is 4.98 Å². The van der Waals surface area contributed by atoms with Gasteiger partial charge in [0.15, 0.2) is 0 Å². The highest BCUT2D eigenvalue weighted by atomic mass is 79.9. The lowest BCUT2D eigenvalue weighted by atomic mass is 10.0. The molecule has 0 aliphatic rings. The van der Waals surface area contributed by atoms with E-state index in [0.717, 1.165) is 65.4 Å². The maximum atomic E-state index is 5.13. The maximum absolute atomic E-state index is 5.13. The Kier molecular flexibility index (Phi) is 8.06. The van der Waals surface area contributed by atoms with Crippen LogP contribution >= 0.6 is 31.9 Å². The predicted molar refractivity (Wildman–Crippen MR) is 165 cm³/mol. The van der Waals surface area contributed by atoms with Gasteiger partial charge < -0.3 is 0 Å². The van der Waals surface area contributed by atoms with E-state index >= 15 is 0 Å². The van der Waals surface area contributed by atoms with Gasteiger partial charge in [0.1, 0.15) is 0 Å². The van der Waals surface area contributed by atoms with E-state index in [-0.39, 0.29) is 0 Å². The van der Waals surface area contributed by atoms with E-state index in [1.165, 1.54) is 0 Å². The Labute approximate surface area is 240 Å². The van der Waals surface area contributed by atoms with Gasteiger partial charge >= 0.3 is 0 Å². The topological polar surface area (TPSA) is 37.6 Å². The second kappa shape index (κ2) is 11.8. The number of pyridine rings is 1. The van der Waals surface area contributed by atoms with Gasteiger partial charge in [-0.1, -0.05) is 98.6 Å². The molecule has 1 aromatic heterocycles. The summed E-state index contributed by atoms with van der Waals surface area (Å²) in [5.74, 6) is 0. The summed E-state index contributed by atoms with van der Waals surface area (Å²) in [4.78, 5) is 15.4. The molecule has 0 spiro atoms. The molecule has 0 aliphatic carbocycles. The Hall–Kier alpha value is -3.67. The highest BCUT2D eigenvalue weighted by Crippen LogP contribution is 2.27. The molecule has 1 heterocycles. The minimum absolute atomic E-state index is 0.784. The first-order valence-corrected chi connectivity index (χ1v) is 13.8. The fourth-order valence-electron chi connectivity index (χ4n) is 4.16. The zero-order valence-corrected chi connectivity index (χ0v) is 24.2. The summed E-state index contributed by atoms with van der Waals surface area (Å²) in [6.07, 6.45) is 0. The van der Waals surface area contributed by atoms with Gasteiger partial charge in [-0.25, -0.2) is 15.0 Å². The average molecular weight is 623 g/mol. The summed E-state index contributed by atoms with van der Waals surface area (Å²) < 4.78 is 2.06. The van der Waals surface area contributed by atoms with E-state index in [1.54, 1.807) is 0 Å². The lowest BCUT2D eigenvalue weighted by molar-refractivity contribution is 1.24. The molecule has 5 aromatic rings. The van der Waals surface area contributed by atoms with Crippen LogP contribution in [0, 0.1) is 13.8 Å². The summed E-state index contributed by atoms with van der Waals surface area (Å²) in [6, 6.07) is 38.7. The van der Waals surface area contributed by atoms with Crippen LogP contribution < -0.4 is 0 Å². The summed E-state index contributed by atoms with van der Waals surface area (Å²) >= 11 is 7.12. The quantitative estimate of drug-likeness (QED) is 0.174. The molecule has 186 valence electrons. The zero-order chi connectivity index (χ0) is 26.5. The Morgan fingerprint density at radius 2 is 0.947 bits per heavy atom. The maximum Gasteiger partial charge on any atom is 0.0966 e. The molecule has 0 N–H and O–H groups in total. The third-order valence-electron chi connectivity index (χ3n) is 6.11. The van der Waals surface area contributed by atoms with Gasteiger partial charge in [0.05, 0.1) is 34.2 Å². The van der Waals surface area contributed by atoms with E-state index in [1.807, 2.05) is 78.9 Å². The van der Waals surface area contributed by atoms with Crippen molar-refractivity contribution in [2.24, 2.45) is 9.98 Å². The number of halogens is 2. The second-order valence-electron chi connectivity index (χ2n) is 8.92. The molecule has 5 rings (SSSR count). The monoisotopic (exact) mass is 621 g/mol. The number of aryl methyl sites for hydroxylation is 2. The highest BCUT2D eigenvalue weighted by Gasteiger charge is 2.15. The lowest BCUT2D eigenvalue weighted by Crippen LogP contribution is -2.11. The minimum atomic E-state index is 0.784. The molecule has 38 heavy (non-hydrogen) atoms. The van der Waals surface area contributed by atoms with Crippen molar-refractivity contribution in [3.8, 4) is 0 Å². The molecule has 4 aromatic carbocycles. The molecule has 0 saturated carbocycles. The van der Waals surface area contributed by atoms with Crippen LogP contribution in [0.15, 0.2) is 134 Å². The Morgan fingerprint density at radius 3 is 1.34 bits per heavy atom. The van der Waals surface area contributed by atoms with Gasteiger partial charge in [-0.05, 0) is 73.5 Å². The molecule has 5 heteroatoms.